The van der Waals surface area contributed by atoms with Gasteiger partial charge in [-0.2, -0.15) is 0 Å². The summed E-state index contributed by atoms with van der Waals surface area (Å²) in [6.45, 7) is 6.47. The van der Waals surface area contributed by atoms with E-state index >= 15 is 0 Å². The lowest BCUT2D eigenvalue weighted by Crippen LogP contribution is -2.11. The summed E-state index contributed by atoms with van der Waals surface area (Å²) >= 11 is 0. The molecule has 0 aromatic heterocycles. The molecule has 0 saturated carbocycles. The van der Waals surface area contributed by atoms with Crippen molar-refractivity contribution in [1.29, 1.82) is 0 Å². The minimum atomic E-state index is 0.267. The highest BCUT2D eigenvalue weighted by atomic mass is 16.1. The fourth-order valence-electron chi connectivity index (χ4n) is 4.64. The summed E-state index contributed by atoms with van der Waals surface area (Å²) < 4.78 is 0. The zero-order valence-electron chi connectivity index (χ0n) is 15.9. The number of carbonyl (C=O) groups excluding carboxylic acids is 1. The van der Waals surface area contributed by atoms with E-state index in [0.717, 1.165) is 12.0 Å². The van der Waals surface area contributed by atoms with Crippen molar-refractivity contribution in [1.82, 2.24) is 5.32 Å². The van der Waals surface area contributed by atoms with Crippen LogP contribution >= 0.6 is 0 Å². The molecule has 26 heavy (non-hydrogen) atoms. The van der Waals surface area contributed by atoms with Crippen LogP contribution < -0.4 is 5.32 Å². The normalized spacial score (nSPS) is 18.7. The molecule has 2 aliphatic rings. The first-order chi connectivity index (χ1) is 12.7. The highest BCUT2D eigenvalue weighted by Crippen LogP contribution is 2.50. The third kappa shape index (κ3) is 2.59. The standard InChI is InChI=1S/C24H27NO/c1-4-6-17-18-8-7-16(15(3)25-13-5-2)14-22(18)24-20(17)10-9-19-21(24)11-12-23(19)26/h5,7-10,13-15,17,25H,4,6,11-12H2,1-3H3/b13-5-. The Morgan fingerprint density at radius 1 is 1.15 bits per heavy atom. The molecule has 134 valence electrons. The van der Waals surface area contributed by atoms with Crippen LogP contribution in [0.4, 0.5) is 0 Å². The first-order valence-electron chi connectivity index (χ1n) is 9.86. The van der Waals surface area contributed by atoms with Crippen LogP contribution in [0.25, 0.3) is 11.1 Å². The zero-order chi connectivity index (χ0) is 18.3. The van der Waals surface area contributed by atoms with Crippen molar-refractivity contribution < 1.29 is 4.79 Å². The van der Waals surface area contributed by atoms with Crippen molar-refractivity contribution >= 4 is 5.78 Å². The first kappa shape index (κ1) is 17.1. The lowest BCUT2D eigenvalue weighted by atomic mass is 9.91. The van der Waals surface area contributed by atoms with E-state index in [1.807, 2.05) is 19.2 Å². The van der Waals surface area contributed by atoms with E-state index in [2.05, 4.69) is 49.5 Å². The van der Waals surface area contributed by atoms with Crippen LogP contribution in [0.15, 0.2) is 42.6 Å². The quantitative estimate of drug-likeness (QED) is 0.729. The van der Waals surface area contributed by atoms with Gasteiger partial charge in [-0.25, -0.2) is 0 Å². The van der Waals surface area contributed by atoms with Crippen molar-refractivity contribution in [2.45, 2.75) is 58.4 Å². The van der Waals surface area contributed by atoms with Crippen molar-refractivity contribution in [2.75, 3.05) is 0 Å². The highest BCUT2D eigenvalue weighted by molar-refractivity contribution is 6.03. The number of hydrogen-bond donors (Lipinski definition) is 1. The molecule has 2 nitrogen and oxygen atoms in total. The monoisotopic (exact) mass is 345 g/mol. The Morgan fingerprint density at radius 3 is 2.73 bits per heavy atom. The maximum atomic E-state index is 12.3. The van der Waals surface area contributed by atoms with E-state index in [1.54, 1.807) is 0 Å². The van der Waals surface area contributed by atoms with Gasteiger partial charge in [0.05, 0.1) is 0 Å². The molecular formula is C24H27NO. The number of ketones is 1. The smallest absolute Gasteiger partial charge is 0.163 e. The molecule has 2 aliphatic carbocycles. The molecule has 2 atom stereocenters. The van der Waals surface area contributed by atoms with Gasteiger partial charge in [0, 0.05) is 23.9 Å². The molecule has 0 heterocycles. The van der Waals surface area contributed by atoms with Crippen LogP contribution in [-0.4, -0.2) is 5.78 Å². The van der Waals surface area contributed by atoms with Gasteiger partial charge in [0.1, 0.15) is 0 Å². The summed E-state index contributed by atoms with van der Waals surface area (Å²) in [4.78, 5) is 12.3. The lowest BCUT2D eigenvalue weighted by molar-refractivity contribution is 0.0994. The molecule has 0 bridgehead atoms. The predicted molar refractivity (Wildman–Crippen MR) is 108 cm³/mol. The van der Waals surface area contributed by atoms with Gasteiger partial charge in [-0.1, -0.05) is 43.7 Å². The highest BCUT2D eigenvalue weighted by Gasteiger charge is 2.34. The Morgan fingerprint density at radius 2 is 1.96 bits per heavy atom. The minimum Gasteiger partial charge on any atom is -0.385 e. The van der Waals surface area contributed by atoms with Gasteiger partial charge in [-0.15, -0.1) is 0 Å². The van der Waals surface area contributed by atoms with E-state index < -0.39 is 0 Å². The molecular weight excluding hydrogens is 318 g/mol. The number of allylic oxidation sites excluding steroid dienone is 1. The molecule has 2 unspecified atom stereocenters. The topological polar surface area (TPSA) is 29.1 Å². The van der Waals surface area contributed by atoms with E-state index in [4.69, 9.17) is 0 Å². The SMILES string of the molecule is C/C=C\NC(C)c1ccc2c(c1)-c1c(ccc3c1CCC3=O)C2CCC. The Hall–Kier alpha value is -2.35. The van der Waals surface area contributed by atoms with E-state index in [1.165, 1.54) is 46.2 Å². The van der Waals surface area contributed by atoms with Crippen LogP contribution in [0.2, 0.25) is 0 Å². The summed E-state index contributed by atoms with van der Waals surface area (Å²) in [6.07, 6.45) is 7.92. The maximum Gasteiger partial charge on any atom is 0.163 e. The molecule has 0 radical (unpaired) electrons. The number of fused-ring (bicyclic) bond motifs is 5. The van der Waals surface area contributed by atoms with Gasteiger partial charge < -0.3 is 5.32 Å². The Bertz CT molecular complexity index is 893. The lowest BCUT2D eigenvalue weighted by Gasteiger charge is -2.16. The minimum absolute atomic E-state index is 0.267. The number of hydrogen-bond acceptors (Lipinski definition) is 2. The predicted octanol–water partition coefficient (Wildman–Crippen LogP) is 5.91. The number of carbonyl (C=O) groups is 1. The average molecular weight is 345 g/mol. The largest absolute Gasteiger partial charge is 0.385 e. The molecule has 2 heteroatoms. The summed E-state index contributed by atoms with van der Waals surface area (Å²) in [5, 5.41) is 3.42. The number of Topliss-reactive ketones (excluding diaryl/α,β-unsaturated/α-hetero) is 1. The van der Waals surface area contributed by atoms with Crippen LogP contribution in [0.1, 0.15) is 84.6 Å². The van der Waals surface area contributed by atoms with Crippen LogP contribution in [0.5, 0.6) is 0 Å². The fraction of sp³-hybridized carbons (Fsp3) is 0.375. The molecule has 0 amide bonds. The van der Waals surface area contributed by atoms with Crippen LogP contribution in [0, 0.1) is 0 Å². The van der Waals surface area contributed by atoms with Gasteiger partial charge in [-0.05, 0) is 72.3 Å². The Kier molecular flexibility index (Phi) is 4.44. The molecule has 0 saturated heterocycles. The number of nitrogens with one attached hydrogen (secondary N) is 1. The van der Waals surface area contributed by atoms with Gasteiger partial charge in [0.2, 0.25) is 0 Å². The zero-order valence-corrected chi connectivity index (χ0v) is 15.9. The number of rotatable bonds is 5. The summed E-state index contributed by atoms with van der Waals surface area (Å²) in [6, 6.07) is 11.5. The summed E-state index contributed by atoms with van der Waals surface area (Å²) in [5.74, 6) is 0.779. The molecule has 0 aliphatic heterocycles. The average Bonchev–Trinajstić information content (AvgIpc) is 3.18. The van der Waals surface area contributed by atoms with Gasteiger partial charge >= 0.3 is 0 Å². The number of benzene rings is 2. The molecule has 0 spiro atoms. The van der Waals surface area contributed by atoms with Crippen molar-refractivity contribution in [3.63, 3.8) is 0 Å². The van der Waals surface area contributed by atoms with Crippen molar-refractivity contribution in [3.05, 3.63) is 70.4 Å². The second kappa shape index (κ2) is 6.75. The second-order valence-corrected chi connectivity index (χ2v) is 7.56. The molecule has 2 aromatic carbocycles. The van der Waals surface area contributed by atoms with Crippen LogP contribution in [0.3, 0.4) is 0 Å². The maximum absolute atomic E-state index is 12.3. The second-order valence-electron chi connectivity index (χ2n) is 7.56. The first-order valence-corrected chi connectivity index (χ1v) is 9.86. The van der Waals surface area contributed by atoms with Gasteiger partial charge in [-0.3, -0.25) is 4.79 Å². The molecule has 2 aromatic rings. The van der Waals surface area contributed by atoms with Crippen LogP contribution in [-0.2, 0) is 6.42 Å². The third-order valence-corrected chi connectivity index (χ3v) is 5.94. The van der Waals surface area contributed by atoms with Gasteiger partial charge in [0.15, 0.2) is 5.78 Å². The Balaban J connectivity index is 1.86. The fourth-order valence-corrected chi connectivity index (χ4v) is 4.64. The molecule has 1 N–H and O–H groups in total. The summed E-state index contributed by atoms with van der Waals surface area (Å²) in [7, 11) is 0. The Labute approximate surface area is 156 Å². The third-order valence-electron chi connectivity index (χ3n) is 5.94. The van der Waals surface area contributed by atoms with Crippen molar-refractivity contribution in [2.24, 2.45) is 0 Å². The van der Waals surface area contributed by atoms with E-state index in [9.17, 15) is 4.79 Å². The van der Waals surface area contributed by atoms with E-state index in [-0.39, 0.29) is 6.04 Å². The summed E-state index contributed by atoms with van der Waals surface area (Å²) in [5.41, 5.74) is 9.14. The van der Waals surface area contributed by atoms with Gasteiger partial charge in [0.25, 0.3) is 0 Å². The van der Waals surface area contributed by atoms with Crippen molar-refractivity contribution in [3.8, 4) is 11.1 Å². The molecule has 4 rings (SSSR count). The molecule has 0 fully saturated rings. The van der Waals surface area contributed by atoms with E-state index in [0.29, 0.717) is 18.1 Å².